The number of piperazine rings is 1. The maximum absolute atomic E-state index is 14.0. The van der Waals surface area contributed by atoms with E-state index in [4.69, 9.17) is 0 Å². The first-order valence-corrected chi connectivity index (χ1v) is 15.4. The third kappa shape index (κ3) is 7.47. The third-order valence-electron chi connectivity index (χ3n) is 9.63. The van der Waals surface area contributed by atoms with E-state index in [0.717, 1.165) is 37.8 Å². The van der Waals surface area contributed by atoms with Gasteiger partial charge in [-0.2, -0.15) is 0 Å². The van der Waals surface area contributed by atoms with Crippen molar-refractivity contribution >= 4 is 17.7 Å². The molecule has 9 heteroatoms. The average molecular weight is 572 g/mol. The molecule has 3 aliphatic rings. The van der Waals surface area contributed by atoms with Crippen molar-refractivity contribution in [2.24, 2.45) is 10.8 Å². The van der Waals surface area contributed by atoms with Crippen molar-refractivity contribution in [2.45, 2.75) is 96.7 Å². The lowest BCUT2D eigenvalue weighted by atomic mass is 9.54. The first-order chi connectivity index (χ1) is 19.3. The molecule has 1 aliphatic carbocycles. The molecule has 3 amide bonds. The minimum atomic E-state index is -0.775. The molecule has 0 aromatic heterocycles. The number of nitrogens with one attached hydrogen (secondary N) is 3. The number of amides is 3. The maximum Gasteiger partial charge on any atom is 0.245 e. The second-order valence-electron chi connectivity index (χ2n) is 13.9. The molecule has 0 bridgehead atoms. The van der Waals surface area contributed by atoms with Crippen LogP contribution in [0.5, 0.6) is 0 Å². The molecule has 228 valence electrons. The van der Waals surface area contributed by atoms with E-state index >= 15 is 0 Å². The summed E-state index contributed by atoms with van der Waals surface area (Å²) < 4.78 is 13.6. The number of carbonyl (C=O) groups excluding carboxylic acids is 3. The molecule has 1 saturated carbocycles. The molecule has 0 spiro atoms. The van der Waals surface area contributed by atoms with Gasteiger partial charge in [-0.3, -0.25) is 14.4 Å². The van der Waals surface area contributed by atoms with Gasteiger partial charge < -0.3 is 25.8 Å². The predicted octanol–water partition coefficient (Wildman–Crippen LogP) is 3.25. The van der Waals surface area contributed by atoms with Gasteiger partial charge in [0.2, 0.25) is 17.7 Å². The number of likely N-dealkylation sites (N-methyl/N-ethyl adjacent to an activating group) is 1. The molecule has 41 heavy (non-hydrogen) atoms. The minimum absolute atomic E-state index is 0.102. The minimum Gasteiger partial charge on any atom is -0.351 e. The van der Waals surface area contributed by atoms with Crippen molar-refractivity contribution in [3.63, 3.8) is 0 Å². The number of rotatable bonds is 7. The fourth-order valence-electron chi connectivity index (χ4n) is 7.11. The van der Waals surface area contributed by atoms with Gasteiger partial charge in [0.25, 0.3) is 0 Å². The van der Waals surface area contributed by atoms with Crippen LogP contribution in [0, 0.1) is 16.6 Å². The summed E-state index contributed by atoms with van der Waals surface area (Å²) in [6, 6.07) is 4.91. The molecule has 4 rings (SSSR count). The van der Waals surface area contributed by atoms with Crippen molar-refractivity contribution in [1.29, 1.82) is 0 Å². The number of benzene rings is 1. The zero-order chi connectivity index (χ0) is 29.8. The van der Waals surface area contributed by atoms with Gasteiger partial charge in [0.1, 0.15) is 11.9 Å². The average Bonchev–Trinajstić information content (AvgIpc) is 2.93. The highest BCUT2D eigenvalue weighted by molar-refractivity contribution is 5.91. The Morgan fingerprint density at radius 1 is 1.02 bits per heavy atom. The summed E-state index contributed by atoms with van der Waals surface area (Å²) in [4.78, 5) is 45.2. The zero-order valence-corrected chi connectivity index (χ0v) is 25.7. The van der Waals surface area contributed by atoms with Crippen LogP contribution in [0.1, 0.15) is 78.2 Å². The molecule has 2 aliphatic heterocycles. The quantitative estimate of drug-likeness (QED) is 0.467. The van der Waals surface area contributed by atoms with E-state index in [9.17, 15) is 18.8 Å². The van der Waals surface area contributed by atoms with Gasteiger partial charge in [0.15, 0.2) is 0 Å². The fraction of sp³-hybridized carbons (Fsp3) is 0.719. The summed E-state index contributed by atoms with van der Waals surface area (Å²) in [5.74, 6) is -0.592. The number of halogens is 1. The predicted molar refractivity (Wildman–Crippen MR) is 159 cm³/mol. The van der Waals surface area contributed by atoms with E-state index in [0.29, 0.717) is 39.0 Å². The lowest BCUT2D eigenvalue weighted by Gasteiger charge is -2.54. The van der Waals surface area contributed by atoms with Crippen molar-refractivity contribution in [2.75, 3.05) is 39.8 Å². The topological polar surface area (TPSA) is 93.8 Å². The monoisotopic (exact) mass is 571 g/mol. The fourth-order valence-corrected chi connectivity index (χ4v) is 7.11. The molecular weight excluding hydrogens is 521 g/mol. The van der Waals surface area contributed by atoms with Gasteiger partial charge in [0.05, 0.1) is 11.5 Å². The molecule has 1 aromatic rings. The molecule has 2 heterocycles. The van der Waals surface area contributed by atoms with Gasteiger partial charge in [-0.15, -0.1) is 0 Å². The molecule has 3 fully saturated rings. The van der Waals surface area contributed by atoms with Crippen molar-refractivity contribution in [3.8, 4) is 0 Å². The highest BCUT2D eigenvalue weighted by Crippen LogP contribution is 2.55. The Hall–Kier alpha value is -2.52. The van der Waals surface area contributed by atoms with Crippen LogP contribution >= 0.6 is 0 Å². The molecule has 1 aromatic carbocycles. The summed E-state index contributed by atoms with van der Waals surface area (Å²) in [7, 11) is 1.98. The van der Waals surface area contributed by atoms with Crippen LogP contribution in [0.2, 0.25) is 0 Å². The number of nitrogens with zero attached hydrogens (tertiary/aromatic N) is 2. The van der Waals surface area contributed by atoms with Crippen LogP contribution in [-0.2, 0) is 20.8 Å². The molecular formula is C32H50FN5O3. The second-order valence-corrected chi connectivity index (χ2v) is 13.9. The van der Waals surface area contributed by atoms with Gasteiger partial charge in [-0.1, -0.05) is 38.3 Å². The van der Waals surface area contributed by atoms with Gasteiger partial charge in [0, 0.05) is 44.7 Å². The van der Waals surface area contributed by atoms with E-state index in [1.54, 1.807) is 12.1 Å². The van der Waals surface area contributed by atoms with Crippen LogP contribution < -0.4 is 16.0 Å². The summed E-state index contributed by atoms with van der Waals surface area (Å²) in [5, 5.41) is 9.56. The Balaban J connectivity index is 1.53. The van der Waals surface area contributed by atoms with E-state index in [1.165, 1.54) is 18.6 Å². The molecule has 0 unspecified atom stereocenters. The van der Waals surface area contributed by atoms with Crippen LogP contribution in [0.15, 0.2) is 24.3 Å². The normalized spacial score (nSPS) is 23.9. The number of likely N-dealkylation sites (tertiary alicyclic amines) is 1. The highest BCUT2D eigenvalue weighted by Gasteiger charge is 2.55. The van der Waals surface area contributed by atoms with Crippen LogP contribution in [0.4, 0.5) is 4.39 Å². The highest BCUT2D eigenvalue weighted by atomic mass is 19.1. The summed E-state index contributed by atoms with van der Waals surface area (Å²) in [6.07, 6.45) is 6.96. The van der Waals surface area contributed by atoms with Crippen molar-refractivity contribution in [1.82, 2.24) is 25.8 Å². The number of hydrogen-bond acceptors (Lipinski definition) is 5. The smallest absolute Gasteiger partial charge is 0.245 e. The van der Waals surface area contributed by atoms with Crippen molar-refractivity contribution in [3.05, 3.63) is 35.6 Å². The molecule has 2 saturated heterocycles. The maximum atomic E-state index is 14.0. The Morgan fingerprint density at radius 3 is 2.24 bits per heavy atom. The van der Waals surface area contributed by atoms with Crippen LogP contribution in [-0.4, -0.2) is 84.9 Å². The summed E-state index contributed by atoms with van der Waals surface area (Å²) in [6.45, 7) is 11.4. The van der Waals surface area contributed by atoms with Gasteiger partial charge >= 0.3 is 0 Å². The zero-order valence-electron chi connectivity index (χ0n) is 25.7. The summed E-state index contributed by atoms with van der Waals surface area (Å²) in [5.41, 5.74) is -0.210. The lowest BCUT2D eigenvalue weighted by molar-refractivity contribution is -0.154. The molecule has 2 atom stereocenters. The lowest BCUT2D eigenvalue weighted by Crippen LogP contribution is -2.62. The largest absolute Gasteiger partial charge is 0.351 e. The number of carbonyl (C=O) groups is 3. The van der Waals surface area contributed by atoms with Crippen molar-refractivity contribution < 1.29 is 18.8 Å². The molecule has 0 radical (unpaired) electrons. The van der Waals surface area contributed by atoms with Crippen LogP contribution in [0.25, 0.3) is 0 Å². The Labute approximate surface area is 245 Å². The third-order valence-corrected chi connectivity index (χ3v) is 9.63. The molecule has 3 N–H and O–H groups in total. The number of hydrogen-bond donors (Lipinski definition) is 3. The standard InChI is InChI=1S/C32H50FN5O3/c1-30(2,3)36-29(41)32(31(4)13-7-6-8-14-31)15-18-38(19-16-32)28(40)25(21-23-9-11-24(33)12-10-23)35-27(39)26-22-37(5)20-17-34-26/h9-12,25-26,34H,6-8,13-22H2,1-5H3,(H,35,39)(H,36,41)/t25-,26+/m0/s1. The summed E-state index contributed by atoms with van der Waals surface area (Å²) >= 11 is 0. The SMILES string of the molecule is CN1CCN[C@@H](C(=O)N[C@@H](Cc2ccc(F)cc2)C(=O)N2CCC(C(=O)NC(C)(C)C)(C3(C)CCCCC3)CC2)C1. The molecule has 8 nitrogen and oxygen atoms in total. The van der Waals surface area contributed by atoms with E-state index in [-0.39, 0.29) is 40.9 Å². The van der Waals surface area contributed by atoms with E-state index in [1.807, 2.05) is 32.7 Å². The first kappa shape index (κ1) is 31.4. The van der Waals surface area contributed by atoms with Gasteiger partial charge in [-0.25, -0.2) is 4.39 Å². The Bertz CT molecular complexity index is 1070. The first-order valence-electron chi connectivity index (χ1n) is 15.4. The van der Waals surface area contributed by atoms with E-state index in [2.05, 4.69) is 27.8 Å². The second kappa shape index (κ2) is 12.8. The van der Waals surface area contributed by atoms with Gasteiger partial charge in [-0.05, 0) is 76.6 Å². The Kier molecular flexibility index (Phi) is 9.79. The van der Waals surface area contributed by atoms with E-state index < -0.39 is 17.5 Å². The number of piperidine rings is 1. The Morgan fingerprint density at radius 2 is 1.66 bits per heavy atom. The van der Waals surface area contributed by atoms with Crippen LogP contribution in [0.3, 0.4) is 0 Å².